The van der Waals surface area contributed by atoms with E-state index in [1.807, 2.05) is 20.8 Å². The summed E-state index contributed by atoms with van der Waals surface area (Å²) in [4.78, 5) is 0. The third-order valence-electron chi connectivity index (χ3n) is 3.42. The molecule has 98 valence electrons. The summed E-state index contributed by atoms with van der Waals surface area (Å²) in [6.07, 6.45) is 0. The first kappa shape index (κ1) is 13.1. The molecule has 1 aromatic carbocycles. The topological polar surface area (TPSA) is 59.4 Å². The second kappa shape index (κ2) is 4.07. The molecule has 18 heavy (non-hydrogen) atoms. The summed E-state index contributed by atoms with van der Waals surface area (Å²) < 4.78 is 18.7. The van der Waals surface area contributed by atoms with Gasteiger partial charge in [-0.15, -0.1) is 0 Å². The van der Waals surface area contributed by atoms with Crippen LogP contribution in [0.3, 0.4) is 0 Å². The molecule has 0 bridgehead atoms. The molecule has 1 unspecified atom stereocenters. The Balaban J connectivity index is 2.59. The second-order valence-corrected chi connectivity index (χ2v) is 5.61. The molecular formula is C14H18FNO2. The van der Waals surface area contributed by atoms with Gasteiger partial charge in [0.1, 0.15) is 22.8 Å². The molecular weight excluding hydrogens is 233 g/mol. The van der Waals surface area contributed by atoms with E-state index in [1.54, 1.807) is 12.1 Å². The van der Waals surface area contributed by atoms with Gasteiger partial charge >= 0.3 is 0 Å². The Morgan fingerprint density at radius 2 is 1.94 bits per heavy atom. The highest BCUT2D eigenvalue weighted by atomic mass is 19.1. The normalized spacial score (nSPS) is 15.9. The summed E-state index contributed by atoms with van der Waals surface area (Å²) in [6, 6.07) is 5.90. The molecule has 3 N–H and O–H groups in total. The number of benzene rings is 1. The van der Waals surface area contributed by atoms with Crippen LogP contribution in [0, 0.1) is 11.2 Å². The highest BCUT2D eigenvalue weighted by molar-refractivity contribution is 5.78. The van der Waals surface area contributed by atoms with Crippen molar-refractivity contribution in [3.8, 4) is 0 Å². The molecule has 0 radical (unpaired) electrons. The predicted molar refractivity (Wildman–Crippen MR) is 68.6 cm³/mol. The zero-order valence-corrected chi connectivity index (χ0v) is 10.8. The maximum Gasteiger partial charge on any atom is 0.139 e. The molecule has 1 aromatic heterocycles. The lowest BCUT2D eigenvalue weighted by Crippen LogP contribution is -2.46. The Morgan fingerprint density at radius 3 is 2.50 bits per heavy atom. The van der Waals surface area contributed by atoms with Crippen molar-refractivity contribution in [3.63, 3.8) is 0 Å². The van der Waals surface area contributed by atoms with Gasteiger partial charge in [0, 0.05) is 11.9 Å². The Morgan fingerprint density at radius 1 is 1.28 bits per heavy atom. The van der Waals surface area contributed by atoms with Crippen LogP contribution in [0.25, 0.3) is 11.0 Å². The second-order valence-electron chi connectivity index (χ2n) is 5.61. The summed E-state index contributed by atoms with van der Waals surface area (Å²) >= 11 is 0. The highest BCUT2D eigenvalue weighted by Crippen LogP contribution is 2.40. The molecule has 0 aliphatic rings. The third kappa shape index (κ3) is 1.91. The first-order valence-electron chi connectivity index (χ1n) is 5.90. The first-order chi connectivity index (χ1) is 8.28. The van der Waals surface area contributed by atoms with Crippen LogP contribution in [-0.2, 0) is 5.60 Å². The number of furan rings is 1. The van der Waals surface area contributed by atoms with E-state index in [0.29, 0.717) is 16.7 Å². The van der Waals surface area contributed by atoms with E-state index in [0.717, 1.165) is 0 Å². The van der Waals surface area contributed by atoms with Crippen molar-refractivity contribution in [1.29, 1.82) is 0 Å². The van der Waals surface area contributed by atoms with Crippen LogP contribution in [-0.4, -0.2) is 11.7 Å². The van der Waals surface area contributed by atoms with Crippen molar-refractivity contribution in [2.24, 2.45) is 11.1 Å². The van der Waals surface area contributed by atoms with Gasteiger partial charge in [-0.05, 0) is 29.7 Å². The molecule has 1 atom stereocenters. The Bertz CT molecular complexity index is 571. The van der Waals surface area contributed by atoms with Crippen molar-refractivity contribution >= 4 is 11.0 Å². The van der Waals surface area contributed by atoms with Crippen LogP contribution < -0.4 is 5.73 Å². The maximum absolute atomic E-state index is 13.1. The van der Waals surface area contributed by atoms with Crippen LogP contribution >= 0.6 is 0 Å². The first-order valence-corrected chi connectivity index (χ1v) is 5.90. The SMILES string of the molecule is CC(C)(C)C(O)(CN)c1cc2cc(F)ccc2o1. The standard InChI is InChI=1S/C14H18FNO2/c1-13(2,3)14(17,8-16)12-7-9-6-10(15)4-5-11(9)18-12/h4-7,17H,8,16H2,1-3H3. The van der Waals surface area contributed by atoms with Crippen LogP contribution in [0.15, 0.2) is 28.7 Å². The fourth-order valence-corrected chi connectivity index (χ4v) is 1.99. The van der Waals surface area contributed by atoms with Gasteiger partial charge in [-0.2, -0.15) is 0 Å². The zero-order chi connectivity index (χ0) is 13.6. The van der Waals surface area contributed by atoms with Crippen LogP contribution in [0.2, 0.25) is 0 Å². The number of rotatable bonds is 2. The van der Waals surface area contributed by atoms with Crippen molar-refractivity contribution < 1.29 is 13.9 Å². The van der Waals surface area contributed by atoms with Gasteiger partial charge in [0.25, 0.3) is 0 Å². The number of nitrogens with two attached hydrogens (primary N) is 1. The monoisotopic (exact) mass is 251 g/mol. The van der Waals surface area contributed by atoms with E-state index in [1.165, 1.54) is 12.1 Å². The van der Waals surface area contributed by atoms with E-state index in [-0.39, 0.29) is 12.4 Å². The van der Waals surface area contributed by atoms with E-state index in [2.05, 4.69) is 0 Å². The molecule has 0 spiro atoms. The summed E-state index contributed by atoms with van der Waals surface area (Å²) in [5.74, 6) is 0.0417. The average Bonchev–Trinajstić information content (AvgIpc) is 2.69. The van der Waals surface area contributed by atoms with Crippen LogP contribution in [0.5, 0.6) is 0 Å². The van der Waals surface area contributed by atoms with Crippen molar-refractivity contribution in [3.05, 3.63) is 35.8 Å². The molecule has 0 saturated carbocycles. The Hall–Kier alpha value is -1.39. The molecule has 0 aliphatic carbocycles. The lowest BCUT2D eigenvalue weighted by atomic mass is 9.75. The van der Waals surface area contributed by atoms with Crippen molar-refractivity contribution in [2.75, 3.05) is 6.54 Å². The summed E-state index contributed by atoms with van der Waals surface area (Å²) in [7, 11) is 0. The highest BCUT2D eigenvalue weighted by Gasteiger charge is 2.43. The van der Waals surface area contributed by atoms with E-state index in [9.17, 15) is 9.50 Å². The molecule has 0 saturated heterocycles. The molecule has 2 rings (SSSR count). The molecule has 0 aliphatic heterocycles. The summed E-state index contributed by atoms with van der Waals surface area (Å²) in [6.45, 7) is 5.69. The molecule has 3 nitrogen and oxygen atoms in total. The molecule has 2 aromatic rings. The van der Waals surface area contributed by atoms with Crippen molar-refractivity contribution in [1.82, 2.24) is 0 Å². The fourth-order valence-electron chi connectivity index (χ4n) is 1.99. The van der Waals surface area contributed by atoms with Crippen LogP contribution in [0.1, 0.15) is 26.5 Å². The number of aliphatic hydroxyl groups is 1. The molecule has 0 fully saturated rings. The summed E-state index contributed by atoms with van der Waals surface area (Å²) in [5, 5.41) is 11.3. The molecule has 4 heteroatoms. The minimum absolute atomic E-state index is 0.0405. The maximum atomic E-state index is 13.1. The minimum atomic E-state index is -1.28. The van der Waals surface area contributed by atoms with Gasteiger partial charge in [0.05, 0.1) is 0 Å². The van der Waals surface area contributed by atoms with Gasteiger partial charge in [-0.25, -0.2) is 4.39 Å². The fraction of sp³-hybridized carbons (Fsp3) is 0.429. The van der Waals surface area contributed by atoms with Crippen molar-refractivity contribution in [2.45, 2.75) is 26.4 Å². The number of hydrogen-bond acceptors (Lipinski definition) is 3. The van der Waals surface area contributed by atoms with Gasteiger partial charge in [0.2, 0.25) is 0 Å². The Kier molecular flexibility index (Phi) is 2.95. The van der Waals surface area contributed by atoms with Gasteiger partial charge in [0.15, 0.2) is 0 Å². The molecule has 1 heterocycles. The van der Waals surface area contributed by atoms with Gasteiger partial charge < -0.3 is 15.3 Å². The number of halogens is 1. The lowest BCUT2D eigenvalue weighted by molar-refractivity contribution is -0.0711. The number of hydrogen-bond donors (Lipinski definition) is 2. The Labute approximate surface area is 105 Å². The predicted octanol–water partition coefficient (Wildman–Crippen LogP) is 2.76. The average molecular weight is 251 g/mol. The third-order valence-corrected chi connectivity index (χ3v) is 3.42. The van der Waals surface area contributed by atoms with Gasteiger partial charge in [-0.3, -0.25) is 0 Å². The zero-order valence-electron chi connectivity index (χ0n) is 10.8. The molecule has 0 amide bonds. The minimum Gasteiger partial charge on any atom is -0.458 e. The van der Waals surface area contributed by atoms with Crippen LogP contribution in [0.4, 0.5) is 4.39 Å². The quantitative estimate of drug-likeness (QED) is 0.862. The largest absolute Gasteiger partial charge is 0.458 e. The van der Waals surface area contributed by atoms with E-state index < -0.39 is 11.0 Å². The van der Waals surface area contributed by atoms with E-state index in [4.69, 9.17) is 10.2 Å². The van der Waals surface area contributed by atoms with E-state index >= 15 is 0 Å². The smallest absolute Gasteiger partial charge is 0.139 e. The summed E-state index contributed by atoms with van der Waals surface area (Å²) in [5.41, 5.74) is 4.48. The van der Waals surface area contributed by atoms with Gasteiger partial charge in [-0.1, -0.05) is 20.8 Å². The number of fused-ring (bicyclic) bond motifs is 1. The lowest BCUT2D eigenvalue weighted by Gasteiger charge is -2.37.